The van der Waals surface area contributed by atoms with Crippen molar-refractivity contribution in [3.63, 3.8) is 0 Å². The van der Waals surface area contributed by atoms with Crippen LogP contribution in [0.5, 0.6) is 17.2 Å². The number of phenolic OH excluding ortho intramolecular Hbond substituents is 1. The Balaban J connectivity index is 1.86. The summed E-state index contributed by atoms with van der Waals surface area (Å²) in [6, 6.07) is 10.7. The number of aromatic nitrogens is 2. The lowest BCUT2D eigenvalue weighted by atomic mass is 9.94. The van der Waals surface area contributed by atoms with Crippen LogP contribution in [-0.2, 0) is 4.74 Å². The highest BCUT2D eigenvalue weighted by atomic mass is 16.5. The fourth-order valence-corrected chi connectivity index (χ4v) is 4.33. The third kappa shape index (κ3) is 4.14. The second kappa shape index (κ2) is 9.54. The van der Waals surface area contributed by atoms with Crippen LogP contribution in [0.25, 0.3) is 11.3 Å². The van der Waals surface area contributed by atoms with Crippen LogP contribution in [-0.4, -0.2) is 60.1 Å². The van der Waals surface area contributed by atoms with E-state index in [4.69, 9.17) is 14.2 Å². The smallest absolute Gasteiger partial charge is 0.273 e. The molecule has 4 rings (SSSR count). The number of aromatic hydroxyl groups is 1. The molecule has 2 heterocycles. The average molecular weight is 452 g/mol. The molecule has 0 bridgehead atoms. The lowest BCUT2D eigenvalue weighted by molar-refractivity contribution is 0.0723. The summed E-state index contributed by atoms with van der Waals surface area (Å²) in [5.41, 5.74) is 4.18. The molecular formula is C25H29N3O5. The van der Waals surface area contributed by atoms with Crippen LogP contribution >= 0.6 is 0 Å². The van der Waals surface area contributed by atoms with Gasteiger partial charge in [0, 0.05) is 31.4 Å². The number of H-pyrrole nitrogens is 1. The number of phenols is 1. The number of aryl methyl sites for hydroxylation is 1. The van der Waals surface area contributed by atoms with E-state index < -0.39 is 6.04 Å². The standard InChI is InChI=1S/C25H29N3O5/c1-5-33-19-10-8-16(14-20(19)32-4)24-21-22(17-13-15(2)7-9-18(17)29)26-27-23(21)25(30)28(24)11-6-12-31-3/h7-10,13-14,24,29H,5-6,11-12H2,1-4H3,(H,26,27). The first-order valence-corrected chi connectivity index (χ1v) is 11.0. The Labute approximate surface area is 193 Å². The zero-order chi connectivity index (χ0) is 23.5. The van der Waals surface area contributed by atoms with E-state index in [1.54, 1.807) is 20.3 Å². The van der Waals surface area contributed by atoms with Gasteiger partial charge >= 0.3 is 0 Å². The van der Waals surface area contributed by atoms with Gasteiger partial charge in [0.25, 0.3) is 5.91 Å². The van der Waals surface area contributed by atoms with Crippen LogP contribution in [0.2, 0.25) is 0 Å². The topological polar surface area (TPSA) is 96.9 Å². The number of carbonyl (C=O) groups excluding carboxylic acids is 1. The van der Waals surface area contributed by atoms with E-state index in [9.17, 15) is 9.90 Å². The van der Waals surface area contributed by atoms with Crippen molar-refractivity contribution in [2.45, 2.75) is 26.3 Å². The quantitative estimate of drug-likeness (QED) is 0.476. The maximum atomic E-state index is 13.4. The van der Waals surface area contributed by atoms with Gasteiger partial charge in [-0.3, -0.25) is 9.89 Å². The highest BCUT2D eigenvalue weighted by molar-refractivity contribution is 6.00. The van der Waals surface area contributed by atoms with Crippen molar-refractivity contribution in [3.8, 4) is 28.5 Å². The number of nitrogens with zero attached hydrogens (tertiary/aromatic N) is 2. The number of aromatic amines is 1. The number of hydrogen-bond acceptors (Lipinski definition) is 6. The summed E-state index contributed by atoms with van der Waals surface area (Å²) in [4.78, 5) is 15.2. The summed E-state index contributed by atoms with van der Waals surface area (Å²) in [6.45, 7) is 5.44. The first-order chi connectivity index (χ1) is 16.0. The molecule has 8 nitrogen and oxygen atoms in total. The molecule has 1 aliphatic rings. The van der Waals surface area contributed by atoms with E-state index in [1.165, 1.54) is 0 Å². The molecule has 1 atom stereocenters. The number of nitrogens with one attached hydrogen (secondary N) is 1. The summed E-state index contributed by atoms with van der Waals surface area (Å²) < 4.78 is 16.5. The predicted molar refractivity (Wildman–Crippen MR) is 124 cm³/mol. The van der Waals surface area contributed by atoms with Crippen LogP contribution in [0.3, 0.4) is 0 Å². The van der Waals surface area contributed by atoms with E-state index in [2.05, 4.69) is 10.2 Å². The van der Waals surface area contributed by atoms with Gasteiger partial charge in [-0.1, -0.05) is 17.7 Å². The molecule has 1 unspecified atom stereocenters. The fourth-order valence-electron chi connectivity index (χ4n) is 4.33. The summed E-state index contributed by atoms with van der Waals surface area (Å²) >= 11 is 0. The molecule has 174 valence electrons. The normalized spacial score (nSPS) is 15.1. The number of methoxy groups -OCH3 is 2. The zero-order valence-corrected chi connectivity index (χ0v) is 19.3. The average Bonchev–Trinajstić information content (AvgIpc) is 3.35. The molecule has 3 aromatic rings. The molecule has 1 aliphatic heterocycles. The summed E-state index contributed by atoms with van der Waals surface area (Å²) in [5.74, 6) is 1.21. The maximum absolute atomic E-state index is 13.4. The third-order valence-electron chi connectivity index (χ3n) is 5.82. The number of carbonyl (C=O) groups is 1. The van der Waals surface area contributed by atoms with E-state index in [-0.39, 0.29) is 11.7 Å². The molecule has 1 amide bonds. The van der Waals surface area contributed by atoms with Gasteiger partial charge in [-0.25, -0.2) is 0 Å². The first-order valence-electron chi connectivity index (χ1n) is 11.0. The van der Waals surface area contributed by atoms with Gasteiger partial charge < -0.3 is 24.2 Å². The van der Waals surface area contributed by atoms with Gasteiger partial charge in [-0.05, 0) is 50.1 Å². The molecule has 0 saturated heterocycles. The van der Waals surface area contributed by atoms with Crippen molar-refractivity contribution in [2.24, 2.45) is 0 Å². The molecule has 2 aromatic carbocycles. The van der Waals surface area contributed by atoms with Gasteiger partial charge in [0.2, 0.25) is 0 Å². The van der Waals surface area contributed by atoms with Gasteiger partial charge in [-0.15, -0.1) is 0 Å². The largest absolute Gasteiger partial charge is 0.507 e. The van der Waals surface area contributed by atoms with Crippen LogP contribution in [0.4, 0.5) is 0 Å². The Hall–Kier alpha value is -3.52. The van der Waals surface area contributed by atoms with Crippen LogP contribution in [0, 0.1) is 6.92 Å². The first kappa shape index (κ1) is 22.7. The minimum Gasteiger partial charge on any atom is -0.507 e. The van der Waals surface area contributed by atoms with Gasteiger partial charge in [-0.2, -0.15) is 5.10 Å². The van der Waals surface area contributed by atoms with Gasteiger partial charge in [0.05, 0.1) is 19.8 Å². The Kier molecular flexibility index (Phi) is 6.55. The lowest BCUT2D eigenvalue weighted by Crippen LogP contribution is -2.31. The molecule has 0 radical (unpaired) electrons. The summed E-state index contributed by atoms with van der Waals surface area (Å²) in [7, 11) is 3.24. The summed E-state index contributed by atoms with van der Waals surface area (Å²) in [5, 5.41) is 17.9. The molecule has 0 spiro atoms. The minimum atomic E-state index is -0.400. The highest BCUT2D eigenvalue weighted by Crippen LogP contribution is 2.46. The van der Waals surface area contributed by atoms with Crippen molar-refractivity contribution >= 4 is 5.91 Å². The van der Waals surface area contributed by atoms with Crippen molar-refractivity contribution in [1.82, 2.24) is 15.1 Å². The Morgan fingerprint density at radius 1 is 1.15 bits per heavy atom. The Morgan fingerprint density at radius 3 is 2.70 bits per heavy atom. The number of hydrogen-bond donors (Lipinski definition) is 2. The SMILES string of the molecule is CCOc1ccc(C2c3c(-c4cc(C)ccc4O)n[nH]c3C(=O)N2CCCOC)cc1OC. The van der Waals surface area contributed by atoms with E-state index >= 15 is 0 Å². The number of fused-ring (bicyclic) bond motifs is 1. The molecule has 0 saturated carbocycles. The molecule has 0 aliphatic carbocycles. The molecular weight excluding hydrogens is 422 g/mol. The van der Waals surface area contributed by atoms with E-state index in [0.717, 1.165) is 16.7 Å². The van der Waals surface area contributed by atoms with E-state index in [1.807, 2.05) is 49.1 Å². The van der Waals surface area contributed by atoms with Crippen LogP contribution in [0.1, 0.15) is 46.6 Å². The van der Waals surface area contributed by atoms with Gasteiger partial charge in [0.1, 0.15) is 17.1 Å². The van der Waals surface area contributed by atoms with Crippen molar-refractivity contribution in [2.75, 3.05) is 34.0 Å². The Morgan fingerprint density at radius 2 is 1.97 bits per heavy atom. The molecule has 8 heteroatoms. The van der Waals surface area contributed by atoms with Crippen LogP contribution < -0.4 is 9.47 Å². The highest BCUT2D eigenvalue weighted by Gasteiger charge is 2.42. The predicted octanol–water partition coefficient (Wildman–Crippen LogP) is 4.08. The van der Waals surface area contributed by atoms with Gasteiger partial charge in [0.15, 0.2) is 11.5 Å². The van der Waals surface area contributed by atoms with Crippen LogP contribution in [0.15, 0.2) is 36.4 Å². The van der Waals surface area contributed by atoms with Crippen molar-refractivity contribution in [3.05, 3.63) is 58.8 Å². The minimum absolute atomic E-state index is 0.114. The lowest BCUT2D eigenvalue weighted by Gasteiger charge is -2.27. The number of benzene rings is 2. The molecule has 2 N–H and O–H groups in total. The van der Waals surface area contributed by atoms with E-state index in [0.29, 0.717) is 54.6 Å². The molecule has 33 heavy (non-hydrogen) atoms. The van der Waals surface area contributed by atoms with Crippen molar-refractivity contribution < 1.29 is 24.1 Å². The summed E-state index contributed by atoms with van der Waals surface area (Å²) in [6.07, 6.45) is 0.690. The zero-order valence-electron chi connectivity index (χ0n) is 19.3. The second-order valence-electron chi connectivity index (χ2n) is 7.97. The molecule has 0 fully saturated rings. The number of amides is 1. The molecule has 1 aromatic heterocycles. The maximum Gasteiger partial charge on any atom is 0.273 e. The Bertz CT molecular complexity index is 1160. The van der Waals surface area contributed by atoms with Crippen molar-refractivity contribution in [1.29, 1.82) is 0 Å². The monoisotopic (exact) mass is 451 g/mol. The fraction of sp³-hybridized carbons (Fsp3) is 0.360. The second-order valence-corrected chi connectivity index (χ2v) is 7.97. The number of ether oxygens (including phenoxy) is 3. The number of rotatable bonds is 9. The third-order valence-corrected chi connectivity index (χ3v) is 5.82.